The predicted molar refractivity (Wildman–Crippen MR) is 126 cm³/mol. The number of hydrogen-bond donors (Lipinski definition) is 2. The average molecular weight is 476 g/mol. The predicted octanol–water partition coefficient (Wildman–Crippen LogP) is 2.86. The number of sulfonamides is 1. The topological polar surface area (TPSA) is 114 Å². The van der Waals surface area contributed by atoms with Gasteiger partial charge in [0.05, 0.1) is 12.9 Å². The number of rotatable bonds is 10. The van der Waals surface area contributed by atoms with E-state index >= 15 is 0 Å². The molecule has 1 aliphatic heterocycles. The van der Waals surface area contributed by atoms with Crippen LogP contribution >= 0.6 is 0 Å². The standard InChI is InChI=1S/C23H29N3O6S/c1-3-14-33(29,30)26-13-7-10-19(26)23(28)25-18-9-6-8-17(15-18)24-22(27)16-32-21-12-5-4-11-20(21)31-2/h4-6,8-9,11-12,15,19H,3,7,10,13-14,16H2,1-2H3,(H,24,27)(H,25,28). The molecule has 0 spiro atoms. The van der Waals surface area contributed by atoms with Crippen molar-refractivity contribution < 1.29 is 27.5 Å². The number of nitrogens with one attached hydrogen (secondary N) is 2. The van der Waals surface area contributed by atoms with E-state index in [1.54, 1.807) is 55.5 Å². The Morgan fingerprint density at radius 3 is 2.45 bits per heavy atom. The lowest BCUT2D eigenvalue weighted by molar-refractivity contribution is -0.119. The number of amides is 2. The first-order chi connectivity index (χ1) is 15.8. The molecule has 1 aliphatic rings. The normalized spacial score (nSPS) is 16.2. The first-order valence-electron chi connectivity index (χ1n) is 10.8. The van der Waals surface area contributed by atoms with Gasteiger partial charge >= 0.3 is 0 Å². The van der Waals surface area contributed by atoms with Gasteiger partial charge in [0, 0.05) is 17.9 Å². The molecule has 2 N–H and O–H groups in total. The van der Waals surface area contributed by atoms with E-state index in [1.165, 1.54) is 11.4 Å². The molecule has 2 aromatic carbocycles. The van der Waals surface area contributed by atoms with Gasteiger partial charge in [-0.25, -0.2) is 8.42 Å². The monoisotopic (exact) mass is 475 g/mol. The molecule has 0 saturated carbocycles. The second kappa shape index (κ2) is 11.2. The molecule has 0 aromatic heterocycles. The van der Waals surface area contributed by atoms with Crippen molar-refractivity contribution in [2.75, 3.05) is 36.6 Å². The quantitative estimate of drug-likeness (QED) is 0.546. The van der Waals surface area contributed by atoms with E-state index in [2.05, 4.69) is 10.6 Å². The maximum Gasteiger partial charge on any atom is 0.262 e. The lowest BCUT2D eigenvalue weighted by Crippen LogP contribution is -2.44. The first kappa shape index (κ1) is 24.5. The molecule has 3 rings (SSSR count). The van der Waals surface area contributed by atoms with Crippen LogP contribution in [0.25, 0.3) is 0 Å². The van der Waals surface area contributed by atoms with Crippen molar-refractivity contribution in [2.24, 2.45) is 0 Å². The fourth-order valence-corrected chi connectivity index (χ4v) is 5.44. The minimum atomic E-state index is -3.46. The molecule has 178 valence electrons. The molecule has 33 heavy (non-hydrogen) atoms. The Hall–Kier alpha value is -3.11. The van der Waals surface area contributed by atoms with Gasteiger partial charge in [0.25, 0.3) is 5.91 Å². The van der Waals surface area contributed by atoms with E-state index in [-0.39, 0.29) is 24.2 Å². The third-order valence-corrected chi connectivity index (χ3v) is 7.24. The Morgan fingerprint density at radius 1 is 1.06 bits per heavy atom. The second-order valence-corrected chi connectivity index (χ2v) is 9.68. The lowest BCUT2D eigenvalue weighted by Gasteiger charge is -2.23. The summed E-state index contributed by atoms with van der Waals surface area (Å²) >= 11 is 0. The van der Waals surface area contributed by atoms with Gasteiger partial charge in [-0.15, -0.1) is 0 Å². The van der Waals surface area contributed by atoms with Crippen molar-refractivity contribution in [1.29, 1.82) is 0 Å². The van der Waals surface area contributed by atoms with Crippen molar-refractivity contribution >= 4 is 33.2 Å². The van der Waals surface area contributed by atoms with E-state index in [4.69, 9.17) is 9.47 Å². The van der Waals surface area contributed by atoms with Gasteiger partial charge in [0.1, 0.15) is 6.04 Å². The van der Waals surface area contributed by atoms with Crippen LogP contribution in [-0.2, 0) is 19.6 Å². The summed E-state index contributed by atoms with van der Waals surface area (Å²) in [5.74, 6) is 0.245. The van der Waals surface area contributed by atoms with Gasteiger partial charge in [-0.05, 0) is 49.6 Å². The number of hydrogen-bond acceptors (Lipinski definition) is 6. The van der Waals surface area contributed by atoms with Crippen LogP contribution in [0.2, 0.25) is 0 Å². The van der Waals surface area contributed by atoms with Crippen LogP contribution in [0.1, 0.15) is 26.2 Å². The zero-order valence-corrected chi connectivity index (χ0v) is 19.6. The summed E-state index contributed by atoms with van der Waals surface area (Å²) in [5, 5.41) is 5.49. The number of carbonyl (C=O) groups is 2. The summed E-state index contributed by atoms with van der Waals surface area (Å²) < 4.78 is 36.9. The Balaban J connectivity index is 1.59. The van der Waals surface area contributed by atoms with Crippen molar-refractivity contribution in [2.45, 2.75) is 32.2 Å². The molecular formula is C23H29N3O6S. The highest BCUT2D eigenvalue weighted by atomic mass is 32.2. The third kappa shape index (κ3) is 6.45. The fourth-order valence-electron chi connectivity index (χ4n) is 3.69. The van der Waals surface area contributed by atoms with Crippen molar-refractivity contribution in [1.82, 2.24) is 4.31 Å². The molecule has 1 unspecified atom stereocenters. The highest BCUT2D eigenvalue weighted by molar-refractivity contribution is 7.89. The zero-order valence-electron chi connectivity index (χ0n) is 18.7. The number of methoxy groups -OCH3 is 1. The smallest absolute Gasteiger partial charge is 0.262 e. The minimum absolute atomic E-state index is 0.0230. The average Bonchev–Trinajstić information content (AvgIpc) is 3.29. The molecule has 10 heteroatoms. The molecule has 1 atom stereocenters. The van der Waals surface area contributed by atoms with E-state index in [0.717, 1.165) is 0 Å². The fraction of sp³-hybridized carbons (Fsp3) is 0.391. The van der Waals surface area contributed by atoms with Crippen LogP contribution in [0, 0.1) is 0 Å². The highest BCUT2D eigenvalue weighted by Crippen LogP contribution is 2.26. The number of benzene rings is 2. The summed E-state index contributed by atoms with van der Waals surface area (Å²) in [6.45, 7) is 1.93. The van der Waals surface area contributed by atoms with Crippen LogP contribution in [0.4, 0.5) is 11.4 Å². The van der Waals surface area contributed by atoms with Crippen LogP contribution in [0.15, 0.2) is 48.5 Å². The first-order valence-corrected chi connectivity index (χ1v) is 12.4. The van der Waals surface area contributed by atoms with Crippen LogP contribution in [0.5, 0.6) is 11.5 Å². The zero-order chi connectivity index (χ0) is 23.8. The van der Waals surface area contributed by atoms with Gasteiger partial charge in [-0.2, -0.15) is 4.31 Å². The summed E-state index contributed by atoms with van der Waals surface area (Å²) in [5.41, 5.74) is 0.937. The largest absolute Gasteiger partial charge is 0.493 e. The van der Waals surface area contributed by atoms with Crippen LogP contribution in [-0.4, -0.2) is 56.6 Å². The number of ether oxygens (including phenoxy) is 2. The molecule has 0 aliphatic carbocycles. The Morgan fingerprint density at radius 2 is 1.76 bits per heavy atom. The van der Waals surface area contributed by atoms with E-state index < -0.39 is 16.1 Å². The number of nitrogens with zero attached hydrogens (tertiary/aromatic N) is 1. The van der Waals surface area contributed by atoms with Gasteiger partial charge < -0.3 is 20.1 Å². The van der Waals surface area contributed by atoms with Gasteiger partial charge in [-0.1, -0.05) is 25.1 Å². The molecule has 0 radical (unpaired) electrons. The SMILES string of the molecule is CCCS(=O)(=O)N1CCCC1C(=O)Nc1cccc(NC(=O)COc2ccccc2OC)c1. The molecule has 2 aromatic rings. The molecular weight excluding hydrogens is 446 g/mol. The summed E-state index contributed by atoms with van der Waals surface area (Å²) in [6, 6.07) is 13.0. The second-order valence-electron chi connectivity index (χ2n) is 7.64. The number of para-hydroxylation sites is 2. The van der Waals surface area contributed by atoms with Crippen LogP contribution in [0.3, 0.4) is 0 Å². The lowest BCUT2D eigenvalue weighted by atomic mass is 10.2. The van der Waals surface area contributed by atoms with Crippen molar-refractivity contribution in [3.63, 3.8) is 0 Å². The van der Waals surface area contributed by atoms with E-state index in [0.29, 0.717) is 48.7 Å². The summed E-state index contributed by atoms with van der Waals surface area (Å²) in [6.07, 6.45) is 1.62. The molecule has 9 nitrogen and oxygen atoms in total. The maximum absolute atomic E-state index is 12.8. The molecule has 1 saturated heterocycles. The molecule has 2 amide bonds. The van der Waals surface area contributed by atoms with Gasteiger partial charge in [0.15, 0.2) is 18.1 Å². The Kier molecular flexibility index (Phi) is 8.29. The highest BCUT2D eigenvalue weighted by Gasteiger charge is 2.38. The maximum atomic E-state index is 12.8. The van der Waals surface area contributed by atoms with E-state index in [9.17, 15) is 18.0 Å². The molecule has 0 bridgehead atoms. The van der Waals surface area contributed by atoms with Crippen LogP contribution < -0.4 is 20.1 Å². The minimum Gasteiger partial charge on any atom is -0.493 e. The summed E-state index contributed by atoms with van der Waals surface area (Å²) in [4.78, 5) is 25.1. The Bertz CT molecular complexity index is 1090. The van der Waals surface area contributed by atoms with E-state index in [1.807, 2.05) is 0 Å². The molecule has 1 fully saturated rings. The van der Waals surface area contributed by atoms with Gasteiger partial charge in [0.2, 0.25) is 15.9 Å². The van der Waals surface area contributed by atoms with Crippen molar-refractivity contribution in [3.05, 3.63) is 48.5 Å². The summed E-state index contributed by atoms with van der Waals surface area (Å²) in [7, 11) is -1.94. The van der Waals surface area contributed by atoms with Gasteiger partial charge in [-0.3, -0.25) is 9.59 Å². The third-order valence-electron chi connectivity index (χ3n) is 5.17. The number of carbonyl (C=O) groups excluding carboxylic acids is 2. The van der Waals surface area contributed by atoms with Crippen molar-refractivity contribution in [3.8, 4) is 11.5 Å². The Labute approximate surface area is 194 Å². The molecule has 1 heterocycles. The number of anilines is 2.